The number of likely N-dealkylation sites (N-methyl/N-ethyl adjacent to an activating group) is 1. The molecule has 0 spiro atoms. The smallest absolute Gasteiger partial charge is 0.414 e. The molecule has 0 bridgehead atoms. The third-order valence-electron chi connectivity index (χ3n) is 3.56. The minimum atomic E-state index is -0.774. The number of hydrogen-bond donors (Lipinski definition) is 0. The molecule has 1 amide bonds. The van der Waals surface area contributed by atoms with Crippen LogP contribution in [0.1, 0.15) is 34.6 Å². The van der Waals surface area contributed by atoms with E-state index in [0.29, 0.717) is 5.70 Å². The molecule has 5 nitrogen and oxygen atoms in total. The molecule has 1 fully saturated rings. The lowest BCUT2D eigenvalue weighted by Gasteiger charge is -2.44. The number of ketones is 1. The fourth-order valence-electron chi connectivity index (χ4n) is 2.16. The van der Waals surface area contributed by atoms with Gasteiger partial charge in [0.2, 0.25) is 0 Å². The van der Waals surface area contributed by atoms with Crippen molar-refractivity contribution >= 4 is 11.9 Å². The Labute approximate surface area is 121 Å². The van der Waals surface area contributed by atoms with Gasteiger partial charge in [-0.2, -0.15) is 0 Å². The van der Waals surface area contributed by atoms with Gasteiger partial charge in [0.1, 0.15) is 5.60 Å². The highest BCUT2D eigenvalue weighted by atomic mass is 16.6. The van der Waals surface area contributed by atoms with E-state index in [1.54, 1.807) is 13.8 Å². The number of amides is 1. The number of carbonyl (C=O) groups is 2. The highest BCUT2D eigenvalue weighted by Gasteiger charge is 2.47. The van der Waals surface area contributed by atoms with E-state index >= 15 is 0 Å². The highest BCUT2D eigenvalue weighted by molar-refractivity contribution is 5.94. The molecule has 1 unspecified atom stereocenters. The SMILES string of the molecule is C=C1N(C(=O)OC(C)(C)C)CC(N(C)C)C(=O)C1(C)C. The van der Waals surface area contributed by atoms with Gasteiger partial charge in [-0.25, -0.2) is 4.79 Å². The standard InChI is InChI=1S/C15H26N2O3/c1-10-15(5,6)12(18)11(16(7)8)9-17(10)13(19)20-14(2,3)4/h11H,1,9H2,2-8H3. The average Bonchev–Trinajstić information content (AvgIpc) is 2.23. The highest BCUT2D eigenvalue weighted by Crippen LogP contribution is 2.36. The van der Waals surface area contributed by atoms with Gasteiger partial charge in [-0.05, 0) is 48.7 Å². The Kier molecular flexibility index (Phi) is 4.34. The van der Waals surface area contributed by atoms with E-state index in [0.717, 1.165) is 0 Å². The van der Waals surface area contributed by atoms with Crippen LogP contribution < -0.4 is 0 Å². The molecule has 0 aliphatic carbocycles. The number of hydrogen-bond acceptors (Lipinski definition) is 4. The first kappa shape index (κ1) is 16.7. The third kappa shape index (κ3) is 3.20. The fourth-order valence-corrected chi connectivity index (χ4v) is 2.16. The van der Waals surface area contributed by atoms with Crippen molar-refractivity contribution in [3.05, 3.63) is 12.3 Å². The quantitative estimate of drug-likeness (QED) is 0.740. The van der Waals surface area contributed by atoms with Crippen molar-refractivity contribution in [1.82, 2.24) is 9.80 Å². The molecule has 0 N–H and O–H groups in total. The van der Waals surface area contributed by atoms with Gasteiger partial charge in [0.15, 0.2) is 5.78 Å². The summed E-state index contributed by atoms with van der Waals surface area (Å²) in [5.41, 5.74) is -0.851. The Morgan fingerprint density at radius 3 is 2.30 bits per heavy atom. The minimum Gasteiger partial charge on any atom is -0.443 e. The van der Waals surface area contributed by atoms with Crippen LogP contribution in [0.2, 0.25) is 0 Å². The maximum Gasteiger partial charge on any atom is 0.414 e. The second-order valence-electron chi connectivity index (χ2n) is 7.01. The molecule has 5 heteroatoms. The Hall–Kier alpha value is -1.36. The number of ether oxygens (including phenoxy) is 1. The van der Waals surface area contributed by atoms with Gasteiger partial charge in [0.05, 0.1) is 18.0 Å². The van der Waals surface area contributed by atoms with Crippen LogP contribution in [0.25, 0.3) is 0 Å². The Balaban J connectivity index is 3.05. The zero-order valence-corrected chi connectivity index (χ0v) is 13.6. The predicted molar refractivity (Wildman–Crippen MR) is 78.3 cm³/mol. The average molecular weight is 282 g/mol. The first-order chi connectivity index (χ1) is 8.88. The summed E-state index contributed by atoms with van der Waals surface area (Å²) in [6, 6.07) is -0.344. The van der Waals surface area contributed by atoms with Crippen molar-refractivity contribution in [2.24, 2.45) is 5.41 Å². The summed E-state index contributed by atoms with van der Waals surface area (Å²) in [6.07, 6.45) is -0.449. The molecule has 0 aromatic rings. The predicted octanol–water partition coefficient (Wildman–Crippen LogP) is 2.28. The number of Topliss-reactive ketones (excluding diaryl/α,β-unsaturated/α-hetero) is 1. The lowest BCUT2D eigenvalue weighted by atomic mass is 9.77. The Bertz CT molecular complexity index is 433. The summed E-state index contributed by atoms with van der Waals surface area (Å²) < 4.78 is 5.40. The van der Waals surface area contributed by atoms with E-state index in [1.807, 2.05) is 39.8 Å². The van der Waals surface area contributed by atoms with E-state index in [4.69, 9.17) is 4.74 Å². The van der Waals surface area contributed by atoms with E-state index in [1.165, 1.54) is 4.90 Å². The summed E-state index contributed by atoms with van der Waals surface area (Å²) >= 11 is 0. The first-order valence-corrected chi connectivity index (χ1v) is 6.78. The molecule has 1 saturated heterocycles. The monoisotopic (exact) mass is 282 g/mol. The van der Waals surface area contributed by atoms with Crippen molar-refractivity contribution in [3.8, 4) is 0 Å². The Morgan fingerprint density at radius 2 is 1.90 bits per heavy atom. The number of carbonyl (C=O) groups excluding carboxylic acids is 2. The topological polar surface area (TPSA) is 49.9 Å². The summed E-state index contributed by atoms with van der Waals surface area (Å²) in [7, 11) is 3.67. The van der Waals surface area contributed by atoms with Crippen LogP contribution in [0.5, 0.6) is 0 Å². The number of nitrogens with zero attached hydrogens (tertiary/aromatic N) is 2. The zero-order chi connectivity index (χ0) is 15.9. The summed E-state index contributed by atoms with van der Waals surface area (Å²) in [5.74, 6) is 0.0762. The van der Waals surface area contributed by atoms with Crippen molar-refractivity contribution < 1.29 is 14.3 Å². The molecule has 0 aromatic heterocycles. The van der Waals surface area contributed by atoms with E-state index in [-0.39, 0.29) is 18.4 Å². The van der Waals surface area contributed by atoms with Gasteiger partial charge in [-0.1, -0.05) is 6.58 Å². The zero-order valence-electron chi connectivity index (χ0n) is 13.6. The van der Waals surface area contributed by atoms with Crippen molar-refractivity contribution in [3.63, 3.8) is 0 Å². The van der Waals surface area contributed by atoms with Crippen molar-refractivity contribution in [2.75, 3.05) is 20.6 Å². The van der Waals surface area contributed by atoms with Crippen LogP contribution in [0, 0.1) is 5.41 Å². The van der Waals surface area contributed by atoms with Crippen LogP contribution in [-0.2, 0) is 9.53 Å². The number of likely N-dealkylation sites (tertiary alicyclic amines) is 1. The molecule has 114 valence electrons. The molecule has 1 rings (SSSR count). The van der Waals surface area contributed by atoms with E-state index < -0.39 is 17.1 Å². The number of rotatable bonds is 1. The molecule has 1 aliphatic heterocycles. The maximum atomic E-state index is 12.5. The molecular weight excluding hydrogens is 256 g/mol. The normalized spacial score (nSPS) is 23.2. The second kappa shape index (κ2) is 5.20. The lowest BCUT2D eigenvalue weighted by molar-refractivity contribution is -0.134. The van der Waals surface area contributed by atoms with Gasteiger partial charge < -0.3 is 4.74 Å². The van der Waals surface area contributed by atoms with Crippen LogP contribution >= 0.6 is 0 Å². The van der Waals surface area contributed by atoms with Crippen molar-refractivity contribution in [1.29, 1.82) is 0 Å². The summed E-state index contributed by atoms with van der Waals surface area (Å²) in [4.78, 5) is 28.1. The Morgan fingerprint density at radius 1 is 1.40 bits per heavy atom. The van der Waals surface area contributed by atoms with E-state index in [2.05, 4.69) is 6.58 Å². The molecule has 1 heterocycles. The molecule has 1 aliphatic rings. The van der Waals surface area contributed by atoms with Gasteiger partial charge in [-0.15, -0.1) is 0 Å². The third-order valence-corrected chi connectivity index (χ3v) is 3.56. The fraction of sp³-hybridized carbons (Fsp3) is 0.733. The minimum absolute atomic E-state index is 0.0762. The van der Waals surface area contributed by atoms with Crippen LogP contribution in [0.3, 0.4) is 0 Å². The van der Waals surface area contributed by atoms with E-state index in [9.17, 15) is 9.59 Å². The molecule has 0 radical (unpaired) electrons. The van der Waals surface area contributed by atoms with Crippen LogP contribution in [0.4, 0.5) is 4.79 Å². The molecule has 20 heavy (non-hydrogen) atoms. The molecule has 0 saturated carbocycles. The van der Waals surface area contributed by atoms with Gasteiger partial charge in [-0.3, -0.25) is 14.6 Å². The molecular formula is C15H26N2O3. The lowest BCUT2D eigenvalue weighted by Crippen LogP contribution is -2.58. The number of piperidine rings is 1. The summed E-state index contributed by atoms with van der Waals surface area (Å²) in [5, 5.41) is 0. The van der Waals surface area contributed by atoms with Crippen LogP contribution in [-0.4, -0.2) is 54.0 Å². The first-order valence-electron chi connectivity index (χ1n) is 6.78. The number of allylic oxidation sites excluding steroid dienone is 1. The maximum absolute atomic E-state index is 12.5. The van der Waals surface area contributed by atoms with Gasteiger partial charge in [0, 0.05) is 5.70 Å². The van der Waals surface area contributed by atoms with Crippen LogP contribution in [0.15, 0.2) is 12.3 Å². The van der Waals surface area contributed by atoms with Crippen molar-refractivity contribution in [2.45, 2.75) is 46.3 Å². The second-order valence-corrected chi connectivity index (χ2v) is 7.01. The molecule has 1 atom stereocenters. The molecule has 0 aromatic carbocycles. The van der Waals surface area contributed by atoms with Gasteiger partial charge in [0.25, 0.3) is 0 Å². The summed E-state index contributed by atoms with van der Waals surface area (Å²) in [6.45, 7) is 13.3. The largest absolute Gasteiger partial charge is 0.443 e. The van der Waals surface area contributed by atoms with Gasteiger partial charge >= 0.3 is 6.09 Å².